The summed E-state index contributed by atoms with van der Waals surface area (Å²) in [5, 5.41) is 13.6. The molecule has 0 fully saturated rings. The molecule has 0 saturated carbocycles. The van der Waals surface area contributed by atoms with Crippen LogP contribution in [0.25, 0.3) is 0 Å². The van der Waals surface area contributed by atoms with Crippen LogP contribution in [0.2, 0.25) is 0 Å². The van der Waals surface area contributed by atoms with E-state index in [-0.39, 0.29) is 23.4 Å². The molecule has 1 heterocycles. The second-order valence-electron chi connectivity index (χ2n) is 4.41. The summed E-state index contributed by atoms with van der Waals surface area (Å²) in [5.41, 5.74) is 0.607. The Morgan fingerprint density at radius 1 is 1.38 bits per heavy atom. The fraction of sp³-hybridized carbons (Fsp3) is 0.214. The first-order valence-corrected chi connectivity index (χ1v) is 6.26. The number of aromatic nitrogens is 1. The second kappa shape index (κ2) is 6.27. The number of ether oxygens (including phenoxy) is 1. The lowest BCUT2D eigenvalue weighted by Crippen LogP contribution is -2.12. The Morgan fingerprint density at radius 3 is 2.76 bits per heavy atom. The van der Waals surface area contributed by atoms with E-state index in [4.69, 9.17) is 4.74 Å². The van der Waals surface area contributed by atoms with Crippen LogP contribution in [0.1, 0.15) is 18.5 Å². The summed E-state index contributed by atoms with van der Waals surface area (Å²) in [7, 11) is 1.82. The highest BCUT2D eigenvalue weighted by molar-refractivity contribution is 5.39. The molecule has 1 unspecified atom stereocenters. The van der Waals surface area contributed by atoms with Gasteiger partial charge in [-0.05, 0) is 31.7 Å². The number of benzene rings is 1. The molecule has 0 saturated heterocycles. The Labute approximate surface area is 120 Å². The molecule has 1 aromatic heterocycles. The summed E-state index contributed by atoms with van der Waals surface area (Å²) in [6.07, 6.45) is 1.56. The Hall–Kier alpha value is -2.54. The number of hydrogen-bond donors (Lipinski definition) is 1. The maximum absolute atomic E-state index is 13.8. The van der Waals surface area contributed by atoms with Crippen LogP contribution in [-0.4, -0.2) is 17.0 Å². The highest BCUT2D eigenvalue weighted by Crippen LogP contribution is 2.27. The van der Waals surface area contributed by atoms with E-state index in [0.717, 1.165) is 11.6 Å². The molecular formula is C14H14FN3O3. The van der Waals surface area contributed by atoms with Gasteiger partial charge in [0, 0.05) is 24.4 Å². The average Bonchev–Trinajstić information content (AvgIpc) is 2.48. The van der Waals surface area contributed by atoms with E-state index in [1.165, 1.54) is 12.1 Å². The number of nitro groups is 1. The Morgan fingerprint density at radius 2 is 2.14 bits per heavy atom. The minimum atomic E-state index is -0.807. The maximum Gasteiger partial charge on any atom is 0.272 e. The van der Waals surface area contributed by atoms with E-state index in [9.17, 15) is 14.5 Å². The van der Waals surface area contributed by atoms with E-state index < -0.39 is 10.7 Å². The molecule has 1 atom stereocenters. The van der Waals surface area contributed by atoms with E-state index in [0.29, 0.717) is 0 Å². The molecule has 110 valence electrons. The zero-order valence-electron chi connectivity index (χ0n) is 11.5. The van der Waals surface area contributed by atoms with E-state index in [1.54, 1.807) is 12.3 Å². The standard InChI is InChI=1S/C14H14FN3O3/c1-9(16-2)10-5-6-17-14(7-10)21-13-4-3-11(18(19)20)8-12(13)15/h3-9,16H,1-2H3. The highest BCUT2D eigenvalue weighted by atomic mass is 19.1. The summed E-state index contributed by atoms with van der Waals surface area (Å²) in [4.78, 5) is 13.9. The number of nitrogens with zero attached hydrogens (tertiary/aromatic N) is 2. The van der Waals surface area contributed by atoms with Crippen molar-refractivity contribution in [3.63, 3.8) is 0 Å². The van der Waals surface area contributed by atoms with Crippen LogP contribution in [0.5, 0.6) is 11.6 Å². The highest BCUT2D eigenvalue weighted by Gasteiger charge is 2.13. The molecule has 0 radical (unpaired) electrons. The summed E-state index contributed by atoms with van der Waals surface area (Å²) in [6, 6.07) is 6.80. The second-order valence-corrected chi connectivity index (χ2v) is 4.41. The molecule has 0 bridgehead atoms. The third-order valence-electron chi connectivity index (χ3n) is 3.03. The monoisotopic (exact) mass is 291 g/mol. The van der Waals surface area contributed by atoms with Gasteiger partial charge >= 0.3 is 0 Å². The summed E-state index contributed by atoms with van der Waals surface area (Å²) in [5.74, 6) is -0.692. The minimum absolute atomic E-state index is 0.0945. The molecule has 1 aromatic carbocycles. The third kappa shape index (κ3) is 3.51. The van der Waals surface area contributed by atoms with Crippen molar-refractivity contribution in [1.29, 1.82) is 0 Å². The first kappa shape index (κ1) is 14.9. The summed E-state index contributed by atoms with van der Waals surface area (Å²) in [6.45, 7) is 1.96. The van der Waals surface area contributed by atoms with Crippen LogP contribution in [0, 0.1) is 15.9 Å². The summed E-state index contributed by atoms with van der Waals surface area (Å²) < 4.78 is 19.1. The van der Waals surface area contributed by atoms with Crippen molar-refractivity contribution in [3.8, 4) is 11.6 Å². The van der Waals surface area contributed by atoms with E-state index >= 15 is 0 Å². The molecule has 6 nitrogen and oxygen atoms in total. The van der Waals surface area contributed by atoms with Crippen molar-refractivity contribution in [2.75, 3.05) is 7.05 Å². The number of nitro benzene ring substituents is 1. The van der Waals surface area contributed by atoms with Crippen LogP contribution >= 0.6 is 0 Å². The molecule has 0 spiro atoms. The quantitative estimate of drug-likeness (QED) is 0.676. The fourth-order valence-electron chi connectivity index (χ4n) is 1.72. The molecular weight excluding hydrogens is 277 g/mol. The SMILES string of the molecule is CNC(C)c1ccnc(Oc2ccc([N+](=O)[O-])cc2F)c1. The molecule has 2 rings (SSSR count). The van der Waals surface area contributed by atoms with E-state index in [2.05, 4.69) is 10.3 Å². The van der Waals surface area contributed by atoms with Gasteiger partial charge < -0.3 is 10.1 Å². The summed E-state index contributed by atoms with van der Waals surface area (Å²) >= 11 is 0. The number of rotatable bonds is 5. The molecule has 0 aliphatic rings. The van der Waals surface area contributed by atoms with Gasteiger partial charge in [0.1, 0.15) is 0 Å². The minimum Gasteiger partial charge on any atom is -0.436 e. The normalized spacial score (nSPS) is 12.0. The predicted molar refractivity (Wildman–Crippen MR) is 74.8 cm³/mol. The van der Waals surface area contributed by atoms with Crippen molar-refractivity contribution in [2.24, 2.45) is 0 Å². The molecule has 7 heteroatoms. The van der Waals surface area contributed by atoms with Gasteiger partial charge in [0.2, 0.25) is 5.88 Å². The first-order valence-electron chi connectivity index (χ1n) is 6.26. The van der Waals surface area contributed by atoms with Crippen LogP contribution in [-0.2, 0) is 0 Å². The van der Waals surface area contributed by atoms with Gasteiger partial charge in [0.05, 0.1) is 11.0 Å². The van der Waals surface area contributed by atoms with Gasteiger partial charge in [0.15, 0.2) is 11.6 Å². The Bertz CT molecular complexity index is 664. The van der Waals surface area contributed by atoms with Crippen molar-refractivity contribution < 1.29 is 14.1 Å². The number of pyridine rings is 1. The number of non-ortho nitro benzene ring substituents is 1. The van der Waals surface area contributed by atoms with Crippen LogP contribution in [0.3, 0.4) is 0 Å². The largest absolute Gasteiger partial charge is 0.436 e. The lowest BCUT2D eigenvalue weighted by atomic mass is 10.1. The Balaban J connectivity index is 2.24. The topological polar surface area (TPSA) is 77.3 Å². The van der Waals surface area contributed by atoms with Crippen molar-refractivity contribution in [1.82, 2.24) is 10.3 Å². The molecule has 21 heavy (non-hydrogen) atoms. The third-order valence-corrected chi connectivity index (χ3v) is 3.03. The van der Waals surface area contributed by atoms with Crippen molar-refractivity contribution >= 4 is 5.69 Å². The number of nitrogens with one attached hydrogen (secondary N) is 1. The fourth-order valence-corrected chi connectivity index (χ4v) is 1.72. The maximum atomic E-state index is 13.8. The van der Waals surface area contributed by atoms with Gasteiger partial charge in [-0.3, -0.25) is 10.1 Å². The van der Waals surface area contributed by atoms with Crippen LogP contribution < -0.4 is 10.1 Å². The van der Waals surface area contributed by atoms with Gasteiger partial charge in [-0.25, -0.2) is 9.37 Å². The zero-order chi connectivity index (χ0) is 15.4. The van der Waals surface area contributed by atoms with Crippen LogP contribution in [0.4, 0.5) is 10.1 Å². The lowest BCUT2D eigenvalue weighted by molar-refractivity contribution is -0.385. The number of hydrogen-bond acceptors (Lipinski definition) is 5. The van der Waals surface area contributed by atoms with Crippen LogP contribution in [0.15, 0.2) is 36.5 Å². The lowest BCUT2D eigenvalue weighted by Gasteiger charge is -2.12. The van der Waals surface area contributed by atoms with Gasteiger partial charge in [-0.1, -0.05) is 0 Å². The Kier molecular flexibility index (Phi) is 4.44. The van der Waals surface area contributed by atoms with E-state index in [1.807, 2.05) is 20.0 Å². The van der Waals surface area contributed by atoms with Crippen molar-refractivity contribution in [3.05, 3.63) is 58.0 Å². The molecule has 0 amide bonds. The van der Waals surface area contributed by atoms with Gasteiger partial charge in [-0.2, -0.15) is 0 Å². The zero-order valence-corrected chi connectivity index (χ0v) is 11.5. The molecule has 1 N–H and O–H groups in total. The average molecular weight is 291 g/mol. The molecule has 0 aliphatic carbocycles. The van der Waals surface area contributed by atoms with Crippen molar-refractivity contribution in [2.45, 2.75) is 13.0 Å². The number of halogens is 1. The first-order chi connectivity index (χ1) is 10.0. The predicted octanol–water partition coefficient (Wildman–Crippen LogP) is 3.20. The van der Waals surface area contributed by atoms with Gasteiger partial charge in [-0.15, -0.1) is 0 Å². The van der Waals surface area contributed by atoms with Gasteiger partial charge in [0.25, 0.3) is 5.69 Å². The molecule has 0 aliphatic heterocycles. The molecule has 2 aromatic rings. The smallest absolute Gasteiger partial charge is 0.272 e.